The van der Waals surface area contributed by atoms with Crippen LogP contribution >= 0.6 is 0 Å². The molecule has 2 aliphatic heterocycles. The van der Waals surface area contributed by atoms with E-state index in [-0.39, 0.29) is 5.82 Å². The molecule has 0 amide bonds. The van der Waals surface area contributed by atoms with E-state index in [2.05, 4.69) is 44.4 Å². The third-order valence-corrected chi connectivity index (χ3v) is 7.43. The van der Waals surface area contributed by atoms with E-state index in [1.165, 1.54) is 5.56 Å². The third-order valence-electron chi connectivity index (χ3n) is 7.43. The van der Waals surface area contributed by atoms with E-state index in [1.54, 1.807) is 12.3 Å². The monoisotopic (exact) mass is 447 g/mol. The number of ether oxygens (including phenoxy) is 1. The van der Waals surface area contributed by atoms with Crippen molar-refractivity contribution in [2.24, 2.45) is 17.8 Å². The summed E-state index contributed by atoms with van der Waals surface area (Å²) < 4.78 is 22.0. The van der Waals surface area contributed by atoms with E-state index in [0.29, 0.717) is 24.8 Å². The number of rotatable bonds is 7. The molecule has 7 heteroatoms. The Bertz CT molecular complexity index is 1070. The van der Waals surface area contributed by atoms with Gasteiger partial charge < -0.3 is 19.5 Å². The van der Waals surface area contributed by atoms with Gasteiger partial charge in [-0.25, -0.2) is 9.37 Å². The van der Waals surface area contributed by atoms with Gasteiger partial charge in [-0.1, -0.05) is 12.1 Å². The van der Waals surface area contributed by atoms with Crippen molar-refractivity contribution < 1.29 is 9.13 Å². The Morgan fingerprint density at radius 1 is 1.03 bits per heavy atom. The summed E-state index contributed by atoms with van der Waals surface area (Å²) >= 11 is 0. The van der Waals surface area contributed by atoms with Crippen LogP contribution in [-0.2, 0) is 11.3 Å². The number of nitrogens with zero attached hydrogens (tertiary/aromatic N) is 4. The molecule has 2 saturated heterocycles. The van der Waals surface area contributed by atoms with E-state index in [4.69, 9.17) is 4.74 Å². The zero-order valence-corrected chi connectivity index (χ0v) is 18.7. The quantitative estimate of drug-likeness (QED) is 0.599. The largest absolute Gasteiger partial charge is 0.385 e. The second-order valence-electron chi connectivity index (χ2n) is 9.47. The Balaban J connectivity index is 0.973. The van der Waals surface area contributed by atoms with Gasteiger partial charge in [0.05, 0.1) is 25.2 Å². The molecule has 1 saturated carbocycles. The van der Waals surface area contributed by atoms with Crippen molar-refractivity contribution >= 4 is 11.4 Å². The minimum absolute atomic E-state index is 0.150. The SMILES string of the molecule is Fc1cc(NCC2C3CN(Cc4ccc(-n5ccnc5)cc4)CC23)ccc1N1CCOCC1. The summed E-state index contributed by atoms with van der Waals surface area (Å²) in [5, 5.41) is 3.48. The van der Waals surface area contributed by atoms with Crippen LogP contribution in [0.4, 0.5) is 15.8 Å². The van der Waals surface area contributed by atoms with E-state index in [9.17, 15) is 4.39 Å². The Kier molecular flexibility index (Phi) is 5.52. The summed E-state index contributed by atoms with van der Waals surface area (Å²) in [5.41, 5.74) is 4.05. The van der Waals surface area contributed by atoms with Gasteiger partial charge in [0.1, 0.15) is 5.82 Å². The summed E-state index contributed by atoms with van der Waals surface area (Å²) in [4.78, 5) is 8.74. The maximum absolute atomic E-state index is 14.6. The van der Waals surface area contributed by atoms with Crippen LogP contribution in [0.2, 0.25) is 0 Å². The van der Waals surface area contributed by atoms with Gasteiger partial charge in [0.25, 0.3) is 0 Å². The first-order valence-electron chi connectivity index (χ1n) is 11.9. The summed E-state index contributed by atoms with van der Waals surface area (Å²) in [7, 11) is 0. The van der Waals surface area contributed by atoms with Crippen molar-refractivity contribution in [3.05, 3.63) is 72.6 Å². The van der Waals surface area contributed by atoms with Gasteiger partial charge in [-0.3, -0.25) is 4.90 Å². The van der Waals surface area contributed by atoms with Crippen LogP contribution in [0.5, 0.6) is 0 Å². The van der Waals surface area contributed by atoms with Crippen LogP contribution in [0.1, 0.15) is 5.56 Å². The van der Waals surface area contributed by atoms with E-state index in [1.807, 2.05) is 29.2 Å². The highest BCUT2D eigenvalue weighted by Gasteiger charge is 2.54. The first-order valence-corrected chi connectivity index (χ1v) is 11.9. The van der Waals surface area contributed by atoms with E-state index >= 15 is 0 Å². The molecular weight excluding hydrogens is 417 g/mol. The minimum atomic E-state index is -0.150. The first-order chi connectivity index (χ1) is 16.2. The molecule has 2 aromatic carbocycles. The van der Waals surface area contributed by atoms with Gasteiger partial charge in [-0.15, -0.1) is 0 Å². The third kappa shape index (κ3) is 4.35. The zero-order chi connectivity index (χ0) is 22.2. The minimum Gasteiger partial charge on any atom is -0.385 e. The standard InChI is InChI=1S/C26H30FN5O/c27-25-13-20(3-6-26(25)31-9-11-33-12-10-31)29-14-22-23-16-30(17-24(22)23)15-19-1-4-21(5-2-19)32-8-7-28-18-32/h1-8,13,18,22-24,29H,9-12,14-17H2. The van der Waals surface area contributed by atoms with Crippen LogP contribution < -0.4 is 10.2 Å². The molecule has 0 radical (unpaired) electrons. The number of likely N-dealkylation sites (tertiary alicyclic amines) is 1. The zero-order valence-electron chi connectivity index (χ0n) is 18.7. The summed E-state index contributed by atoms with van der Waals surface area (Å²) in [6.07, 6.45) is 5.58. The number of benzene rings is 2. The summed E-state index contributed by atoms with van der Waals surface area (Å²) in [5.74, 6) is 2.08. The first kappa shape index (κ1) is 20.7. The molecule has 33 heavy (non-hydrogen) atoms. The fourth-order valence-electron chi connectivity index (χ4n) is 5.53. The molecular formula is C26H30FN5O. The number of hydrogen-bond donors (Lipinski definition) is 1. The lowest BCUT2D eigenvalue weighted by Crippen LogP contribution is -2.36. The van der Waals surface area contributed by atoms with Crippen molar-refractivity contribution in [1.29, 1.82) is 0 Å². The molecule has 3 aromatic rings. The molecule has 172 valence electrons. The average Bonchev–Trinajstić information content (AvgIpc) is 3.21. The van der Waals surface area contributed by atoms with Gasteiger partial charge in [0, 0.05) is 63.0 Å². The fourth-order valence-corrected chi connectivity index (χ4v) is 5.53. The molecule has 0 spiro atoms. The number of fused-ring (bicyclic) bond motifs is 1. The second kappa shape index (κ2) is 8.80. The Hall–Kier alpha value is -2.90. The molecule has 1 aliphatic carbocycles. The van der Waals surface area contributed by atoms with Gasteiger partial charge in [-0.2, -0.15) is 0 Å². The van der Waals surface area contributed by atoms with Crippen molar-refractivity contribution in [3.8, 4) is 5.69 Å². The lowest BCUT2D eigenvalue weighted by Gasteiger charge is -2.29. The molecule has 0 bridgehead atoms. The number of morpholine rings is 1. The fraction of sp³-hybridized carbons (Fsp3) is 0.423. The summed E-state index contributed by atoms with van der Waals surface area (Å²) in [6.45, 7) is 7.08. The van der Waals surface area contributed by atoms with Gasteiger partial charge >= 0.3 is 0 Å². The molecule has 3 fully saturated rings. The lowest BCUT2D eigenvalue weighted by atomic mass is 10.1. The molecule has 6 rings (SSSR count). The number of aromatic nitrogens is 2. The summed E-state index contributed by atoms with van der Waals surface area (Å²) in [6, 6.07) is 14.3. The molecule has 6 nitrogen and oxygen atoms in total. The van der Waals surface area contributed by atoms with Crippen molar-refractivity contribution in [1.82, 2.24) is 14.5 Å². The molecule has 3 heterocycles. The Morgan fingerprint density at radius 2 is 1.82 bits per heavy atom. The highest BCUT2D eigenvalue weighted by atomic mass is 19.1. The molecule has 1 aromatic heterocycles. The number of halogens is 1. The average molecular weight is 448 g/mol. The van der Waals surface area contributed by atoms with Crippen LogP contribution in [0.25, 0.3) is 5.69 Å². The van der Waals surface area contributed by atoms with Gasteiger partial charge in [0.15, 0.2) is 0 Å². The molecule has 3 aliphatic rings. The second-order valence-corrected chi connectivity index (χ2v) is 9.47. The van der Waals surface area contributed by atoms with Crippen molar-refractivity contribution in [2.75, 3.05) is 56.2 Å². The number of hydrogen-bond acceptors (Lipinski definition) is 5. The highest BCUT2D eigenvalue weighted by Crippen LogP contribution is 2.51. The maximum Gasteiger partial charge on any atom is 0.148 e. The molecule has 2 atom stereocenters. The van der Waals surface area contributed by atoms with Crippen LogP contribution in [-0.4, -0.2) is 60.4 Å². The van der Waals surface area contributed by atoms with Gasteiger partial charge in [0.2, 0.25) is 0 Å². The van der Waals surface area contributed by atoms with Crippen molar-refractivity contribution in [2.45, 2.75) is 6.54 Å². The number of imidazole rings is 1. The number of piperidine rings is 1. The van der Waals surface area contributed by atoms with Crippen molar-refractivity contribution in [3.63, 3.8) is 0 Å². The van der Waals surface area contributed by atoms with E-state index < -0.39 is 0 Å². The normalized spacial score (nSPS) is 24.6. The maximum atomic E-state index is 14.6. The van der Waals surface area contributed by atoms with E-state index in [0.717, 1.165) is 62.5 Å². The number of anilines is 2. The number of nitrogens with one attached hydrogen (secondary N) is 1. The topological polar surface area (TPSA) is 45.6 Å². The predicted molar refractivity (Wildman–Crippen MR) is 127 cm³/mol. The molecule has 1 N–H and O–H groups in total. The Labute approximate surface area is 194 Å². The Morgan fingerprint density at radius 3 is 2.52 bits per heavy atom. The van der Waals surface area contributed by atoms with Crippen LogP contribution in [0.15, 0.2) is 61.2 Å². The highest BCUT2D eigenvalue weighted by molar-refractivity contribution is 5.56. The molecule has 2 unspecified atom stereocenters. The predicted octanol–water partition coefficient (Wildman–Crippen LogP) is 3.64. The smallest absolute Gasteiger partial charge is 0.148 e. The van der Waals surface area contributed by atoms with Crippen LogP contribution in [0, 0.1) is 23.6 Å². The van der Waals surface area contributed by atoms with Gasteiger partial charge in [-0.05, 0) is 53.6 Å². The van der Waals surface area contributed by atoms with Crippen LogP contribution in [0.3, 0.4) is 0 Å². The lowest BCUT2D eigenvalue weighted by molar-refractivity contribution is 0.122.